The lowest BCUT2D eigenvalue weighted by Crippen LogP contribution is -2.07. The zero-order chi connectivity index (χ0) is 12.3. The second-order valence-corrected chi connectivity index (χ2v) is 3.58. The normalized spacial score (nSPS) is 10.2. The number of ether oxygens (including phenoxy) is 2. The molecule has 0 spiro atoms. The number of carbonyl (C=O) groups excluding carboxylic acids is 1. The number of hydrogen-bond acceptors (Lipinski definition) is 3. The van der Waals surface area contributed by atoms with E-state index in [4.69, 9.17) is 9.47 Å². The van der Waals surface area contributed by atoms with E-state index in [1.54, 1.807) is 20.1 Å². The molecule has 0 aliphatic rings. The molecule has 0 N–H and O–H groups in total. The summed E-state index contributed by atoms with van der Waals surface area (Å²) in [6.07, 6.45) is 0. The van der Waals surface area contributed by atoms with E-state index >= 15 is 0 Å². The summed E-state index contributed by atoms with van der Waals surface area (Å²) >= 11 is 0. The molecule has 0 heterocycles. The monoisotopic (exact) mass is 230 g/mol. The third-order valence-electron chi connectivity index (χ3n) is 2.59. The number of carbonyl (C=O) groups is 1. The van der Waals surface area contributed by atoms with Crippen molar-refractivity contribution in [3.05, 3.63) is 42.0 Å². The van der Waals surface area contributed by atoms with E-state index in [2.05, 4.69) is 0 Å². The van der Waals surface area contributed by atoms with Crippen molar-refractivity contribution < 1.29 is 14.3 Å². The van der Waals surface area contributed by atoms with Crippen LogP contribution in [0.1, 0.15) is 17.3 Å². The molecule has 0 bridgehead atoms. The first kappa shape index (κ1) is 11.5. The molecule has 0 fully saturated rings. The quantitative estimate of drug-likeness (QED) is 0.760. The van der Waals surface area contributed by atoms with Crippen molar-refractivity contribution in [2.45, 2.75) is 6.92 Å². The van der Waals surface area contributed by atoms with Crippen LogP contribution in [0.3, 0.4) is 0 Å². The molecule has 0 saturated heterocycles. The van der Waals surface area contributed by atoms with Gasteiger partial charge in [0, 0.05) is 0 Å². The molecule has 3 nitrogen and oxygen atoms in total. The minimum absolute atomic E-state index is 0.346. The SMILES string of the molecule is CCOC(=O)c1c(OC)ccc2ccccc12. The van der Waals surface area contributed by atoms with E-state index in [1.807, 2.05) is 30.3 Å². The number of hydrogen-bond donors (Lipinski definition) is 0. The Hall–Kier alpha value is -2.03. The first-order chi connectivity index (χ1) is 8.27. The maximum atomic E-state index is 11.9. The molecule has 0 atom stereocenters. The Morgan fingerprint density at radius 3 is 2.65 bits per heavy atom. The van der Waals surface area contributed by atoms with Crippen LogP contribution >= 0.6 is 0 Å². The zero-order valence-electron chi connectivity index (χ0n) is 9.90. The van der Waals surface area contributed by atoms with Gasteiger partial charge in [-0.1, -0.05) is 30.3 Å². The number of benzene rings is 2. The fourth-order valence-electron chi connectivity index (χ4n) is 1.84. The summed E-state index contributed by atoms with van der Waals surface area (Å²) in [6, 6.07) is 11.4. The molecule has 0 radical (unpaired) electrons. The number of rotatable bonds is 3. The number of esters is 1. The van der Waals surface area contributed by atoms with Gasteiger partial charge in [-0.2, -0.15) is 0 Å². The van der Waals surface area contributed by atoms with Gasteiger partial charge >= 0.3 is 5.97 Å². The van der Waals surface area contributed by atoms with Crippen LogP contribution in [0.4, 0.5) is 0 Å². The fourth-order valence-corrected chi connectivity index (χ4v) is 1.84. The molecule has 0 aliphatic carbocycles. The summed E-state index contributed by atoms with van der Waals surface area (Å²) in [5, 5.41) is 1.85. The molecular weight excluding hydrogens is 216 g/mol. The minimum atomic E-state index is -0.346. The maximum absolute atomic E-state index is 11.9. The van der Waals surface area contributed by atoms with Crippen LogP contribution in [-0.4, -0.2) is 19.7 Å². The summed E-state index contributed by atoms with van der Waals surface area (Å²) in [6.45, 7) is 2.14. The molecule has 88 valence electrons. The molecule has 0 unspecified atom stereocenters. The highest BCUT2D eigenvalue weighted by atomic mass is 16.5. The van der Waals surface area contributed by atoms with Crippen molar-refractivity contribution in [3.63, 3.8) is 0 Å². The Morgan fingerprint density at radius 2 is 1.94 bits per heavy atom. The maximum Gasteiger partial charge on any atom is 0.342 e. The molecule has 0 aliphatic heterocycles. The Balaban J connectivity index is 2.67. The van der Waals surface area contributed by atoms with E-state index in [0.29, 0.717) is 17.9 Å². The lowest BCUT2D eigenvalue weighted by molar-refractivity contribution is 0.0525. The van der Waals surface area contributed by atoms with Gasteiger partial charge in [0.05, 0.1) is 13.7 Å². The third kappa shape index (κ3) is 2.09. The van der Waals surface area contributed by atoms with Crippen molar-refractivity contribution in [1.29, 1.82) is 0 Å². The molecule has 17 heavy (non-hydrogen) atoms. The lowest BCUT2D eigenvalue weighted by atomic mass is 10.0. The van der Waals surface area contributed by atoms with Gasteiger partial charge in [0.2, 0.25) is 0 Å². The van der Waals surface area contributed by atoms with Crippen molar-refractivity contribution in [1.82, 2.24) is 0 Å². The summed E-state index contributed by atoms with van der Waals surface area (Å²) in [5.41, 5.74) is 0.493. The van der Waals surface area contributed by atoms with Crippen LogP contribution in [0.5, 0.6) is 5.75 Å². The van der Waals surface area contributed by atoms with Gasteiger partial charge in [-0.3, -0.25) is 0 Å². The highest BCUT2D eigenvalue weighted by molar-refractivity contribution is 6.07. The van der Waals surface area contributed by atoms with Gasteiger partial charge in [-0.05, 0) is 23.8 Å². The highest BCUT2D eigenvalue weighted by Gasteiger charge is 2.16. The molecule has 0 amide bonds. The predicted molar refractivity (Wildman–Crippen MR) is 66.5 cm³/mol. The summed E-state index contributed by atoms with van der Waals surface area (Å²) in [7, 11) is 1.55. The Morgan fingerprint density at radius 1 is 1.18 bits per heavy atom. The predicted octanol–water partition coefficient (Wildman–Crippen LogP) is 3.03. The van der Waals surface area contributed by atoms with Gasteiger partial charge in [-0.15, -0.1) is 0 Å². The zero-order valence-corrected chi connectivity index (χ0v) is 9.90. The number of methoxy groups -OCH3 is 1. The standard InChI is InChI=1S/C14H14O3/c1-3-17-14(15)13-11-7-5-4-6-10(11)8-9-12(13)16-2/h4-9H,3H2,1-2H3. The average molecular weight is 230 g/mol. The van der Waals surface area contributed by atoms with Crippen LogP contribution in [0.25, 0.3) is 10.8 Å². The summed E-state index contributed by atoms with van der Waals surface area (Å²) in [5.74, 6) is 0.198. The molecular formula is C14H14O3. The largest absolute Gasteiger partial charge is 0.496 e. The molecule has 2 aromatic rings. The summed E-state index contributed by atoms with van der Waals surface area (Å²) < 4.78 is 10.3. The van der Waals surface area contributed by atoms with Gasteiger partial charge in [0.25, 0.3) is 0 Å². The van der Waals surface area contributed by atoms with Gasteiger partial charge in [0.1, 0.15) is 11.3 Å². The first-order valence-corrected chi connectivity index (χ1v) is 5.50. The minimum Gasteiger partial charge on any atom is -0.496 e. The van der Waals surface area contributed by atoms with Crippen LogP contribution in [-0.2, 0) is 4.74 Å². The third-order valence-corrected chi connectivity index (χ3v) is 2.59. The van der Waals surface area contributed by atoms with Crippen molar-refractivity contribution in [2.75, 3.05) is 13.7 Å². The molecule has 3 heteroatoms. The van der Waals surface area contributed by atoms with E-state index in [9.17, 15) is 4.79 Å². The fraction of sp³-hybridized carbons (Fsp3) is 0.214. The van der Waals surface area contributed by atoms with Crippen molar-refractivity contribution in [2.24, 2.45) is 0 Å². The lowest BCUT2D eigenvalue weighted by Gasteiger charge is -2.10. The molecule has 2 aromatic carbocycles. The smallest absolute Gasteiger partial charge is 0.342 e. The Labute approximate surface area is 100.0 Å². The second-order valence-electron chi connectivity index (χ2n) is 3.58. The van der Waals surface area contributed by atoms with E-state index in [0.717, 1.165) is 10.8 Å². The average Bonchev–Trinajstić information content (AvgIpc) is 2.37. The van der Waals surface area contributed by atoms with Gasteiger partial charge < -0.3 is 9.47 Å². The van der Waals surface area contributed by atoms with Crippen LogP contribution in [0.15, 0.2) is 36.4 Å². The van der Waals surface area contributed by atoms with Crippen molar-refractivity contribution >= 4 is 16.7 Å². The Bertz CT molecular complexity index is 546. The van der Waals surface area contributed by atoms with Crippen LogP contribution in [0, 0.1) is 0 Å². The second kappa shape index (κ2) is 4.87. The molecule has 2 rings (SSSR count). The van der Waals surface area contributed by atoms with Crippen LogP contribution < -0.4 is 4.74 Å². The molecule has 0 aromatic heterocycles. The molecule has 0 saturated carbocycles. The van der Waals surface area contributed by atoms with Crippen molar-refractivity contribution in [3.8, 4) is 5.75 Å². The van der Waals surface area contributed by atoms with E-state index < -0.39 is 0 Å². The van der Waals surface area contributed by atoms with Gasteiger partial charge in [-0.25, -0.2) is 4.79 Å². The first-order valence-electron chi connectivity index (χ1n) is 5.50. The van der Waals surface area contributed by atoms with Gasteiger partial charge in [0.15, 0.2) is 0 Å². The van der Waals surface area contributed by atoms with E-state index in [1.165, 1.54) is 0 Å². The van der Waals surface area contributed by atoms with E-state index in [-0.39, 0.29) is 5.97 Å². The van der Waals surface area contributed by atoms with Crippen LogP contribution in [0.2, 0.25) is 0 Å². The Kier molecular flexibility index (Phi) is 3.28. The topological polar surface area (TPSA) is 35.5 Å². The number of fused-ring (bicyclic) bond motifs is 1. The summed E-state index contributed by atoms with van der Waals surface area (Å²) in [4.78, 5) is 11.9. The highest BCUT2D eigenvalue weighted by Crippen LogP contribution is 2.28.